The van der Waals surface area contributed by atoms with E-state index in [0.717, 1.165) is 12.1 Å². The van der Waals surface area contributed by atoms with Crippen LogP contribution in [0.2, 0.25) is 0 Å². The second-order valence-electron chi connectivity index (χ2n) is 5.79. The van der Waals surface area contributed by atoms with Crippen molar-refractivity contribution in [3.8, 4) is 5.75 Å². The second-order valence-corrected chi connectivity index (χ2v) is 8.34. The van der Waals surface area contributed by atoms with Gasteiger partial charge < -0.3 is 14.2 Å². The number of aliphatic carboxylic acids is 1. The highest BCUT2D eigenvalue weighted by atomic mass is 32.3. The van der Waals surface area contributed by atoms with Crippen LogP contribution in [0, 0.1) is 0 Å². The molecule has 2 N–H and O–H groups in total. The average Bonchev–Trinajstić information content (AvgIpc) is 2.79. The summed E-state index contributed by atoms with van der Waals surface area (Å²) in [6, 6.07) is -1.98. The Morgan fingerprint density at radius 1 is 1.17 bits per heavy atom. The minimum absolute atomic E-state index is 0.110. The topological polar surface area (TPSA) is 168 Å². The number of hydroxylamine groups is 2. The van der Waals surface area contributed by atoms with Gasteiger partial charge in [-0.1, -0.05) is 6.07 Å². The van der Waals surface area contributed by atoms with Crippen molar-refractivity contribution in [2.24, 2.45) is 0 Å². The summed E-state index contributed by atoms with van der Waals surface area (Å²) in [5.41, 5.74) is -6.15. The number of carboxylic acid groups (broad SMARTS) is 1. The first-order valence-electron chi connectivity index (χ1n) is 7.26. The highest BCUT2D eigenvalue weighted by Gasteiger charge is 2.53. The molecule has 12 nitrogen and oxygen atoms in total. The maximum absolute atomic E-state index is 12.5. The van der Waals surface area contributed by atoms with Gasteiger partial charge in [0.15, 0.2) is 6.04 Å². The molecule has 1 fully saturated rings. The molecular formula is C12H9F3N2O10S2. The molecule has 2 aliphatic heterocycles. The summed E-state index contributed by atoms with van der Waals surface area (Å²) in [6.07, 6.45) is 0. The number of hydrogen-bond donors (Lipinski definition) is 2. The molecule has 29 heavy (non-hydrogen) atoms. The van der Waals surface area contributed by atoms with Gasteiger partial charge in [-0.15, -0.1) is 4.28 Å². The van der Waals surface area contributed by atoms with Gasteiger partial charge in [-0.25, -0.2) is 9.59 Å². The smallest absolute Gasteiger partial charge is 0.479 e. The molecule has 0 aromatic heterocycles. The number of carbonyl (C=O) groups excluding carboxylic acids is 1. The zero-order valence-electron chi connectivity index (χ0n) is 13.6. The van der Waals surface area contributed by atoms with Gasteiger partial charge in [0.1, 0.15) is 11.8 Å². The fourth-order valence-corrected chi connectivity index (χ4v) is 3.80. The molecule has 2 heterocycles. The summed E-state index contributed by atoms with van der Waals surface area (Å²) >= 11 is 0. The first-order valence-corrected chi connectivity index (χ1v) is 10.0. The Balaban J connectivity index is 2.10. The minimum Gasteiger partial charge on any atom is -0.479 e. The van der Waals surface area contributed by atoms with Crippen molar-refractivity contribution >= 4 is 32.5 Å². The number of rotatable bonds is 5. The van der Waals surface area contributed by atoms with Gasteiger partial charge in [-0.3, -0.25) is 4.55 Å². The van der Waals surface area contributed by atoms with E-state index in [1.807, 2.05) is 0 Å². The predicted molar refractivity (Wildman–Crippen MR) is 81.7 cm³/mol. The molecule has 17 heteroatoms. The van der Waals surface area contributed by atoms with Crippen molar-refractivity contribution in [2.45, 2.75) is 17.6 Å². The summed E-state index contributed by atoms with van der Waals surface area (Å²) in [7, 11) is -11.3. The molecule has 1 unspecified atom stereocenters. The van der Waals surface area contributed by atoms with Gasteiger partial charge in [-0.05, 0) is 23.3 Å². The summed E-state index contributed by atoms with van der Waals surface area (Å²) < 4.78 is 98.8. The van der Waals surface area contributed by atoms with Crippen molar-refractivity contribution in [1.82, 2.24) is 9.96 Å². The number of halogens is 3. The third-order valence-electron chi connectivity index (χ3n) is 4.01. The molecule has 0 aliphatic carbocycles. The lowest BCUT2D eigenvalue weighted by Crippen LogP contribution is -2.38. The molecule has 2 amide bonds. The van der Waals surface area contributed by atoms with Crippen LogP contribution in [0.15, 0.2) is 18.2 Å². The van der Waals surface area contributed by atoms with Gasteiger partial charge in [0.25, 0.3) is 0 Å². The van der Waals surface area contributed by atoms with Crippen LogP contribution < -0.4 is 4.18 Å². The second kappa shape index (κ2) is 6.44. The van der Waals surface area contributed by atoms with Crippen LogP contribution >= 0.6 is 0 Å². The van der Waals surface area contributed by atoms with E-state index in [0.29, 0.717) is 11.0 Å². The fraction of sp³-hybridized carbons (Fsp3) is 0.333. The lowest BCUT2D eigenvalue weighted by molar-refractivity contribution is -0.142. The van der Waals surface area contributed by atoms with Crippen LogP contribution in [-0.4, -0.2) is 60.5 Å². The number of carboxylic acids is 1. The van der Waals surface area contributed by atoms with E-state index in [4.69, 9.17) is 4.55 Å². The number of benzene rings is 1. The molecule has 1 aromatic rings. The molecule has 3 rings (SSSR count). The molecular weight excluding hydrogens is 453 g/mol. The van der Waals surface area contributed by atoms with Crippen LogP contribution in [0.25, 0.3) is 0 Å². The quantitative estimate of drug-likeness (QED) is 0.358. The first-order chi connectivity index (χ1) is 13.1. The molecule has 0 saturated carbocycles. The Kier molecular flexibility index (Phi) is 4.68. The minimum atomic E-state index is -6.05. The van der Waals surface area contributed by atoms with Crippen molar-refractivity contribution in [3.05, 3.63) is 29.3 Å². The molecule has 2 bridgehead atoms. The third-order valence-corrected chi connectivity index (χ3v) is 5.34. The van der Waals surface area contributed by atoms with Gasteiger partial charge in [-0.2, -0.15) is 35.1 Å². The number of carbonyl (C=O) groups is 2. The Morgan fingerprint density at radius 2 is 1.79 bits per heavy atom. The maximum atomic E-state index is 12.5. The number of amides is 2. The molecule has 0 radical (unpaired) electrons. The van der Waals surface area contributed by atoms with E-state index >= 15 is 0 Å². The molecule has 0 spiro atoms. The van der Waals surface area contributed by atoms with E-state index in [1.165, 1.54) is 0 Å². The predicted octanol–water partition coefficient (Wildman–Crippen LogP) is 0.567. The molecule has 2 atom stereocenters. The third kappa shape index (κ3) is 3.68. The highest BCUT2D eigenvalue weighted by Crippen LogP contribution is 2.45. The molecule has 1 saturated heterocycles. The van der Waals surface area contributed by atoms with Crippen LogP contribution in [0.3, 0.4) is 0 Å². The van der Waals surface area contributed by atoms with E-state index in [-0.39, 0.29) is 16.2 Å². The average molecular weight is 462 g/mol. The van der Waals surface area contributed by atoms with Crippen molar-refractivity contribution in [3.63, 3.8) is 0 Å². The number of fused-ring (bicyclic) bond motifs is 4. The molecule has 2 aliphatic rings. The number of urea groups is 1. The number of alkyl halides is 3. The Labute approximate surface area is 160 Å². The van der Waals surface area contributed by atoms with Crippen LogP contribution in [0.5, 0.6) is 5.75 Å². The zero-order chi connectivity index (χ0) is 21.9. The van der Waals surface area contributed by atoms with E-state index in [9.17, 15) is 44.7 Å². The van der Waals surface area contributed by atoms with Crippen LogP contribution in [0.1, 0.15) is 23.2 Å². The summed E-state index contributed by atoms with van der Waals surface area (Å²) in [6.45, 7) is -0.478. The number of nitrogens with zero attached hydrogens (tertiary/aromatic N) is 2. The number of hydrogen-bond acceptors (Lipinski definition) is 8. The zero-order valence-corrected chi connectivity index (χ0v) is 15.2. The Morgan fingerprint density at radius 3 is 2.31 bits per heavy atom. The summed E-state index contributed by atoms with van der Waals surface area (Å²) in [5, 5.41) is 9.52. The normalized spacial score (nSPS) is 21.9. The van der Waals surface area contributed by atoms with E-state index in [2.05, 4.69) is 8.47 Å². The van der Waals surface area contributed by atoms with Crippen molar-refractivity contribution in [1.29, 1.82) is 0 Å². The Bertz CT molecular complexity index is 1100. The summed E-state index contributed by atoms with van der Waals surface area (Å²) in [4.78, 5) is 24.6. The van der Waals surface area contributed by atoms with Crippen LogP contribution in [-0.2, 0) is 29.6 Å². The summed E-state index contributed by atoms with van der Waals surface area (Å²) in [5.74, 6) is -2.44. The van der Waals surface area contributed by atoms with Crippen molar-refractivity contribution in [2.75, 3.05) is 6.54 Å². The Hall–Kier alpha value is -2.63. The largest absolute Gasteiger partial charge is 0.534 e. The first kappa shape index (κ1) is 21.1. The molecule has 160 valence electrons. The van der Waals surface area contributed by atoms with Gasteiger partial charge in [0, 0.05) is 0 Å². The van der Waals surface area contributed by atoms with E-state index < -0.39 is 62.4 Å². The lowest BCUT2D eigenvalue weighted by atomic mass is 9.91. The van der Waals surface area contributed by atoms with E-state index in [1.54, 1.807) is 0 Å². The fourth-order valence-electron chi connectivity index (χ4n) is 2.97. The van der Waals surface area contributed by atoms with Gasteiger partial charge >= 0.3 is 38.0 Å². The highest BCUT2D eigenvalue weighted by molar-refractivity contribution is 7.88. The van der Waals surface area contributed by atoms with Crippen LogP contribution in [0.4, 0.5) is 18.0 Å². The van der Waals surface area contributed by atoms with Gasteiger partial charge in [0.2, 0.25) is 0 Å². The van der Waals surface area contributed by atoms with Crippen molar-refractivity contribution < 1.29 is 57.7 Å². The monoisotopic (exact) mass is 462 g/mol. The SMILES string of the molecule is O=C(O)C1c2ccc(OS(=O)(=O)C(F)(F)F)cc2[C@H]2CN1C(=O)N2OS(=O)(=O)O. The maximum Gasteiger partial charge on any atom is 0.534 e. The lowest BCUT2D eigenvalue weighted by Gasteiger charge is -2.30. The molecule has 1 aromatic carbocycles. The standard InChI is InChI=1S/C12H9F3N2O10S2/c13-12(14,15)28(21,22)26-5-1-2-6-7(3-5)8-4-16(9(6)10(18)19)11(20)17(8)27-29(23,24)25/h1-3,8-9H,4H2,(H,18,19)(H,23,24,25)/t8-,9?/m1/s1. The van der Waals surface area contributed by atoms with Gasteiger partial charge in [0.05, 0.1) is 6.54 Å².